The fraction of sp³-hybridized carbons (Fsp3) is 0.350. The third-order valence-corrected chi connectivity index (χ3v) is 5.45. The smallest absolute Gasteiger partial charge is 0.326 e. The van der Waals surface area contributed by atoms with Gasteiger partial charge in [-0.2, -0.15) is 0 Å². The van der Waals surface area contributed by atoms with Gasteiger partial charge < -0.3 is 15.0 Å². The van der Waals surface area contributed by atoms with Gasteiger partial charge in [0.15, 0.2) is 0 Å². The number of aliphatic hydroxyl groups excluding tert-OH is 1. The lowest BCUT2D eigenvalue weighted by atomic mass is 10.0. The van der Waals surface area contributed by atoms with Crippen LogP contribution in [0.15, 0.2) is 53.3 Å². The first kappa shape index (κ1) is 17.3. The largest absolute Gasteiger partial charge is 0.387 e. The van der Waals surface area contributed by atoms with E-state index < -0.39 is 6.10 Å². The number of β-amino-alcohol motifs (C(OH)–C–C–N with tert-alkyl or cyclic N) is 1. The second kappa shape index (κ2) is 7.27. The number of nitrogens with one attached hydrogen (secondary N) is 1. The van der Waals surface area contributed by atoms with Crippen LogP contribution in [0.1, 0.15) is 30.6 Å². The number of halogens is 1. The van der Waals surface area contributed by atoms with Gasteiger partial charge in [-0.25, -0.2) is 4.79 Å². The zero-order chi connectivity index (χ0) is 18.1. The van der Waals surface area contributed by atoms with Gasteiger partial charge in [-0.1, -0.05) is 35.9 Å². The molecule has 0 bridgehead atoms. The van der Waals surface area contributed by atoms with Crippen molar-refractivity contribution in [3.63, 3.8) is 0 Å². The van der Waals surface area contributed by atoms with Gasteiger partial charge in [0, 0.05) is 30.7 Å². The maximum Gasteiger partial charge on any atom is 0.326 e. The zero-order valence-electron chi connectivity index (χ0n) is 14.4. The van der Waals surface area contributed by atoms with Crippen molar-refractivity contribution < 1.29 is 5.11 Å². The molecule has 0 aliphatic carbocycles. The number of piperidine rings is 1. The number of benzene rings is 2. The standard InChI is InChI=1S/C20H22ClN3O2/c21-15-5-3-4-14(12-15)19(25)13-23-10-8-16(9-11-23)24-18-7-2-1-6-17(18)22-20(24)26/h1-7,12,16,19,25H,8-11,13H2,(H,22,26)/t19-/m0/s1. The molecule has 1 aromatic heterocycles. The van der Waals surface area contributed by atoms with Crippen molar-refractivity contribution in [1.82, 2.24) is 14.5 Å². The van der Waals surface area contributed by atoms with Crippen molar-refractivity contribution in [3.8, 4) is 0 Å². The molecule has 26 heavy (non-hydrogen) atoms. The summed E-state index contributed by atoms with van der Waals surface area (Å²) in [4.78, 5) is 17.5. The third kappa shape index (κ3) is 3.43. The van der Waals surface area contributed by atoms with E-state index in [0.29, 0.717) is 11.6 Å². The molecule has 0 amide bonds. The van der Waals surface area contributed by atoms with Crippen molar-refractivity contribution >= 4 is 22.6 Å². The van der Waals surface area contributed by atoms with Crippen molar-refractivity contribution in [2.75, 3.05) is 19.6 Å². The van der Waals surface area contributed by atoms with Crippen molar-refractivity contribution in [1.29, 1.82) is 0 Å². The lowest BCUT2D eigenvalue weighted by molar-refractivity contribution is 0.0907. The number of para-hydroxylation sites is 2. The number of likely N-dealkylation sites (tertiary alicyclic amines) is 1. The number of hydrogen-bond acceptors (Lipinski definition) is 3. The molecule has 1 aliphatic heterocycles. The van der Waals surface area contributed by atoms with E-state index in [1.807, 2.05) is 53.1 Å². The van der Waals surface area contributed by atoms with Crippen molar-refractivity contribution in [2.45, 2.75) is 25.0 Å². The number of rotatable bonds is 4. The molecule has 0 spiro atoms. The summed E-state index contributed by atoms with van der Waals surface area (Å²) in [6.45, 7) is 2.29. The van der Waals surface area contributed by atoms with Crippen LogP contribution >= 0.6 is 11.6 Å². The summed E-state index contributed by atoms with van der Waals surface area (Å²) in [5, 5.41) is 11.1. The van der Waals surface area contributed by atoms with E-state index in [0.717, 1.165) is 42.5 Å². The number of aliphatic hydroxyl groups is 1. The molecule has 4 rings (SSSR count). The van der Waals surface area contributed by atoms with Gasteiger partial charge >= 0.3 is 5.69 Å². The molecule has 1 aliphatic rings. The van der Waals surface area contributed by atoms with E-state index in [4.69, 9.17) is 11.6 Å². The second-order valence-electron chi connectivity index (χ2n) is 6.92. The molecule has 2 aromatic carbocycles. The highest BCUT2D eigenvalue weighted by Gasteiger charge is 2.25. The summed E-state index contributed by atoms with van der Waals surface area (Å²) < 4.78 is 1.89. The van der Waals surface area contributed by atoms with Crippen LogP contribution in [0.3, 0.4) is 0 Å². The summed E-state index contributed by atoms with van der Waals surface area (Å²) in [5.41, 5.74) is 2.65. The topological polar surface area (TPSA) is 61.3 Å². The number of H-pyrrole nitrogens is 1. The summed E-state index contributed by atoms with van der Waals surface area (Å²) in [7, 11) is 0. The van der Waals surface area contributed by atoms with Crippen LogP contribution in [0.4, 0.5) is 0 Å². The van der Waals surface area contributed by atoms with Gasteiger partial charge in [-0.15, -0.1) is 0 Å². The first-order chi connectivity index (χ1) is 12.6. The lowest BCUT2D eigenvalue weighted by Gasteiger charge is -2.33. The molecule has 2 heterocycles. The van der Waals surface area contributed by atoms with E-state index in [1.165, 1.54) is 0 Å². The van der Waals surface area contributed by atoms with Gasteiger partial charge in [-0.05, 0) is 42.7 Å². The summed E-state index contributed by atoms with van der Waals surface area (Å²) >= 11 is 6.01. The first-order valence-electron chi connectivity index (χ1n) is 8.97. The molecule has 2 N–H and O–H groups in total. The molecule has 1 atom stereocenters. The zero-order valence-corrected chi connectivity index (χ0v) is 15.2. The van der Waals surface area contributed by atoms with Gasteiger partial charge in [0.2, 0.25) is 0 Å². The van der Waals surface area contributed by atoms with Crippen molar-refractivity contribution in [2.24, 2.45) is 0 Å². The number of aromatic amines is 1. The maximum atomic E-state index is 12.4. The minimum atomic E-state index is -0.555. The van der Waals surface area contributed by atoms with E-state index in [2.05, 4.69) is 9.88 Å². The Hall–Kier alpha value is -2.08. The summed E-state index contributed by atoms with van der Waals surface area (Å²) in [6, 6.07) is 15.4. The van der Waals surface area contributed by atoms with Crippen LogP contribution in [0.2, 0.25) is 5.02 Å². The average molecular weight is 372 g/mol. The minimum Gasteiger partial charge on any atom is -0.387 e. The van der Waals surface area contributed by atoms with E-state index in [9.17, 15) is 9.90 Å². The van der Waals surface area contributed by atoms with Gasteiger partial charge in [-0.3, -0.25) is 4.57 Å². The van der Waals surface area contributed by atoms with Crippen LogP contribution in [-0.2, 0) is 0 Å². The van der Waals surface area contributed by atoms with Crippen LogP contribution in [-0.4, -0.2) is 39.2 Å². The summed E-state index contributed by atoms with van der Waals surface area (Å²) in [6.07, 6.45) is 1.23. The fourth-order valence-electron chi connectivity index (χ4n) is 3.86. The average Bonchev–Trinajstić information content (AvgIpc) is 2.98. The number of hydrogen-bond donors (Lipinski definition) is 2. The molecule has 1 saturated heterocycles. The summed E-state index contributed by atoms with van der Waals surface area (Å²) in [5.74, 6) is 0. The molecule has 3 aromatic rings. The maximum absolute atomic E-state index is 12.4. The Bertz CT molecular complexity index is 957. The molecule has 0 saturated carbocycles. The predicted octanol–water partition coefficient (Wildman–Crippen LogP) is 3.35. The molecule has 1 fully saturated rings. The third-order valence-electron chi connectivity index (χ3n) is 5.21. The first-order valence-corrected chi connectivity index (χ1v) is 9.35. The lowest BCUT2D eigenvalue weighted by Crippen LogP contribution is -2.39. The number of aromatic nitrogens is 2. The Morgan fingerprint density at radius 1 is 1.15 bits per heavy atom. The highest BCUT2D eigenvalue weighted by atomic mass is 35.5. The van der Waals surface area contributed by atoms with Gasteiger partial charge in [0.25, 0.3) is 0 Å². The molecule has 0 unspecified atom stereocenters. The van der Waals surface area contributed by atoms with Crippen LogP contribution < -0.4 is 5.69 Å². The Morgan fingerprint density at radius 2 is 1.92 bits per heavy atom. The van der Waals surface area contributed by atoms with Crippen LogP contribution in [0, 0.1) is 0 Å². The molecule has 136 valence electrons. The van der Waals surface area contributed by atoms with E-state index in [-0.39, 0.29) is 11.7 Å². The fourth-order valence-corrected chi connectivity index (χ4v) is 4.06. The van der Waals surface area contributed by atoms with Crippen molar-refractivity contribution in [3.05, 3.63) is 69.6 Å². The highest BCUT2D eigenvalue weighted by Crippen LogP contribution is 2.26. The molecular weight excluding hydrogens is 350 g/mol. The normalized spacial score (nSPS) is 17.6. The van der Waals surface area contributed by atoms with E-state index in [1.54, 1.807) is 0 Å². The second-order valence-corrected chi connectivity index (χ2v) is 7.36. The molecule has 6 heteroatoms. The Balaban J connectivity index is 1.42. The number of fused-ring (bicyclic) bond motifs is 1. The monoisotopic (exact) mass is 371 g/mol. The van der Waals surface area contributed by atoms with Crippen LogP contribution in [0.5, 0.6) is 0 Å². The quantitative estimate of drug-likeness (QED) is 0.739. The predicted molar refractivity (Wildman–Crippen MR) is 104 cm³/mol. The molecule has 0 radical (unpaired) electrons. The van der Waals surface area contributed by atoms with Crippen LogP contribution in [0.25, 0.3) is 11.0 Å². The Morgan fingerprint density at radius 3 is 2.69 bits per heavy atom. The number of nitrogens with zero attached hydrogens (tertiary/aromatic N) is 2. The van der Waals surface area contributed by atoms with E-state index >= 15 is 0 Å². The van der Waals surface area contributed by atoms with Gasteiger partial charge in [0.1, 0.15) is 0 Å². The van der Waals surface area contributed by atoms with Gasteiger partial charge in [0.05, 0.1) is 17.1 Å². The minimum absolute atomic E-state index is 0.0383. The molecular formula is C20H22ClN3O2. The number of imidazole rings is 1. The molecule has 5 nitrogen and oxygen atoms in total. The Labute approximate surface area is 156 Å². The SMILES string of the molecule is O=c1[nH]c2ccccc2n1C1CCN(C[C@H](O)c2cccc(Cl)c2)CC1. The highest BCUT2D eigenvalue weighted by molar-refractivity contribution is 6.30. The Kier molecular flexibility index (Phi) is 4.85.